The first-order valence-electron chi connectivity index (χ1n) is 6.37. The molecule has 1 atom stereocenters. The van der Waals surface area contributed by atoms with E-state index in [1.54, 1.807) is 26.2 Å². The van der Waals surface area contributed by atoms with Gasteiger partial charge in [0.05, 0.1) is 11.6 Å². The quantitative estimate of drug-likeness (QED) is 0.840. The van der Waals surface area contributed by atoms with Crippen molar-refractivity contribution in [3.63, 3.8) is 0 Å². The van der Waals surface area contributed by atoms with Crippen LogP contribution in [0.15, 0.2) is 40.9 Å². The molecule has 2 aromatic carbocycles. The van der Waals surface area contributed by atoms with Crippen molar-refractivity contribution in [3.8, 4) is 5.75 Å². The van der Waals surface area contributed by atoms with Crippen LogP contribution in [0.25, 0.3) is 0 Å². The Labute approximate surface area is 127 Å². The highest BCUT2D eigenvalue weighted by atomic mass is 79.9. The van der Waals surface area contributed by atoms with Crippen LogP contribution >= 0.6 is 15.9 Å². The van der Waals surface area contributed by atoms with Crippen molar-refractivity contribution < 1.29 is 9.13 Å². The molecule has 0 bridgehead atoms. The van der Waals surface area contributed by atoms with Crippen molar-refractivity contribution in [2.24, 2.45) is 0 Å². The summed E-state index contributed by atoms with van der Waals surface area (Å²) in [7, 11) is 1.63. The first-order valence-corrected chi connectivity index (χ1v) is 7.16. The third-order valence-electron chi connectivity index (χ3n) is 3.23. The third kappa shape index (κ3) is 3.31. The summed E-state index contributed by atoms with van der Waals surface area (Å²) in [5, 5.41) is 3.34. The van der Waals surface area contributed by atoms with Crippen LogP contribution in [0.4, 0.5) is 10.1 Å². The molecule has 1 N–H and O–H groups in total. The van der Waals surface area contributed by atoms with Gasteiger partial charge in [0.15, 0.2) is 0 Å². The number of methoxy groups -OCH3 is 1. The zero-order valence-electron chi connectivity index (χ0n) is 11.7. The molecule has 0 amide bonds. The van der Waals surface area contributed by atoms with Crippen molar-refractivity contribution in [2.75, 3.05) is 12.4 Å². The molecule has 2 aromatic rings. The molecule has 4 heteroatoms. The second-order valence-corrected chi connectivity index (χ2v) is 5.58. The highest BCUT2D eigenvalue weighted by Crippen LogP contribution is 2.29. The molecule has 2 rings (SSSR count). The second kappa shape index (κ2) is 6.27. The van der Waals surface area contributed by atoms with Crippen molar-refractivity contribution in [1.29, 1.82) is 0 Å². The Bertz CT molecular complexity index is 615. The van der Waals surface area contributed by atoms with Gasteiger partial charge in [0, 0.05) is 17.8 Å². The molecule has 106 valence electrons. The Morgan fingerprint density at radius 3 is 2.60 bits per heavy atom. The lowest BCUT2D eigenvalue weighted by Gasteiger charge is -2.17. The number of hydrogen-bond acceptors (Lipinski definition) is 2. The number of halogens is 2. The zero-order chi connectivity index (χ0) is 14.7. The maximum Gasteiger partial charge on any atom is 0.135 e. The molecule has 0 aliphatic rings. The fraction of sp³-hybridized carbons (Fsp3) is 0.250. The Morgan fingerprint density at radius 2 is 1.95 bits per heavy atom. The van der Waals surface area contributed by atoms with Gasteiger partial charge in [-0.25, -0.2) is 4.39 Å². The van der Waals surface area contributed by atoms with Gasteiger partial charge in [-0.15, -0.1) is 0 Å². The van der Waals surface area contributed by atoms with Crippen LogP contribution in [-0.4, -0.2) is 7.11 Å². The molecule has 2 nitrogen and oxygen atoms in total. The minimum Gasteiger partial charge on any atom is -0.495 e. The minimum atomic E-state index is -0.176. The Hall–Kier alpha value is -1.55. The summed E-state index contributed by atoms with van der Waals surface area (Å²) in [6.07, 6.45) is 0. The van der Waals surface area contributed by atoms with E-state index in [-0.39, 0.29) is 11.9 Å². The molecule has 0 saturated carbocycles. The monoisotopic (exact) mass is 337 g/mol. The van der Waals surface area contributed by atoms with Crippen molar-refractivity contribution in [1.82, 2.24) is 0 Å². The van der Waals surface area contributed by atoms with E-state index in [4.69, 9.17) is 4.74 Å². The number of nitrogens with one attached hydrogen (secondary N) is 1. The fourth-order valence-corrected chi connectivity index (χ4v) is 2.37. The van der Waals surface area contributed by atoms with Crippen LogP contribution in [0, 0.1) is 12.7 Å². The number of anilines is 1. The molecule has 0 spiro atoms. The van der Waals surface area contributed by atoms with Gasteiger partial charge < -0.3 is 10.1 Å². The smallest absolute Gasteiger partial charge is 0.135 e. The number of benzene rings is 2. The van der Waals surface area contributed by atoms with Gasteiger partial charge in [-0.3, -0.25) is 0 Å². The molecule has 0 aliphatic heterocycles. The van der Waals surface area contributed by atoms with Gasteiger partial charge >= 0.3 is 0 Å². The highest BCUT2D eigenvalue weighted by molar-refractivity contribution is 9.10. The van der Waals surface area contributed by atoms with Gasteiger partial charge in [-0.1, -0.05) is 12.1 Å². The Morgan fingerprint density at radius 1 is 1.20 bits per heavy atom. The lowest BCUT2D eigenvalue weighted by atomic mass is 10.1. The van der Waals surface area contributed by atoms with Crippen molar-refractivity contribution >= 4 is 21.6 Å². The summed E-state index contributed by atoms with van der Waals surface area (Å²) in [5.41, 5.74) is 2.50. The number of ether oxygens (including phenoxy) is 1. The predicted molar refractivity (Wildman–Crippen MR) is 83.9 cm³/mol. The van der Waals surface area contributed by atoms with E-state index in [1.807, 2.05) is 31.2 Å². The molecule has 0 saturated heterocycles. The minimum absolute atomic E-state index is 0.0102. The van der Waals surface area contributed by atoms with E-state index in [1.165, 1.54) is 0 Å². The molecule has 0 aromatic heterocycles. The topological polar surface area (TPSA) is 21.3 Å². The van der Waals surface area contributed by atoms with Gasteiger partial charge in [0.1, 0.15) is 11.6 Å². The van der Waals surface area contributed by atoms with E-state index in [2.05, 4.69) is 21.2 Å². The van der Waals surface area contributed by atoms with Gasteiger partial charge in [0.25, 0.3) is 0 Å². The number of hydrogen-bond donors (Lipinski definition) is 1. The first kappa shape index (κ1) is 14.9. The number of rotatable bonds is 4. The normalized spacial score (nSPS) is 12.1. The SMILES string of the molecule is COc1cc(NC(C)c2ccc(C)c(F)c2)ccc1Br. The predicted octanol–water partition coefficient (Wildman–Crippen LogP) is 5.08. The maximum absolute atomic E-state index is 13.6. The Kier molecular flexibility index (Phi) is 4.65. The van der Waals surface area contributed by atoms with Crippen LogP contribution in [0.2, 0.25) is 0 Å². The molecule has 0 radical (unpaired) electrons. The molecular weight excluding hydrogens is 321 g/mol. The summed E-state index contributed by atoms with van der Waals surface area (Å²) in [6.45, 7) is 3.76. The second-order valence-electron chi connectivity index (χ2n) is 4.72. The van der Waals surface area contributed by atoms with E-state index >= 15 is 0 Å². The fourth-order valence-electron chi connectivity index (χ4n) is 1.96. The van der Waals surface area contributed by atoms with Crippen LogP contribution in [0.5, 0.6) is 5.75 Å². The maximum atomic E-state index is 13.6. The summed E-state index contributed by atoms with van der Waals surface area (Å²) in [6, 6.07) is 11.1. The van der Waals surface area contributed by atoms with E-state index in [0.29, 0.717) is 5.56 Å². The lowest BCUT2D eigenvalue weighted by molar-refractivity contribution is 0.412. The average Bonchev–Trinajstić information content (AvgIpc) is 2.43. The molecule has 0 heterocycles. The molecular formula is C16H17BrFNO. The average molecular weight is 338 g/mol. The largest absolute Gasteiger partial charge is 0.495 e. The van der Waals surface area contributed by atoms with E-state index < -0.39 is 0 Å². The summed E-state index contributed by atoms with van der Waals surface area (Å²) in [5.74, 6) is 0.585. The third-order valence-corrected chi connectivity index (χ3v) is 3.89. The first-order chi connectivity index (χ1) is 9.51. The van der Waals surface area contributed by atoms with E-state index in [0.717, 1.165) is 21.5 Å². The van der Waals surface area contributed by atoms with Gasteiger partial charge in [0.2, 0.25) is 0 Å². The molecule has 0 aliphatic carbocycles. The summed E-state index contributed by atoms with van der Waals surface area (Å²) < 4.78 is 19.8. The standard InChI is InChI=1S/C16H17BrFNO/c1-10-4-5-12(8-15(10)18)11(2)19-13-6-7-14(17)16(9-13)20-3/h4-9,11,19H,1-3H3. The Balaban J connectivity index is 2.18. The van der Waals surface area contributed by atoms with Crippen LogP contribution in [0.3, 0.4) is 0 Å². The van der Waals surface area contributed by atoms with Crippen LogP contribution in [0.1, 0.15) is 24.1 Å². The summed E-state index contributed by atoms with van der Waals surface area (Å²) >= 11 is 3.42. The van der Waals surface area contributed by atoms with Gasteiger partial charge in [-0.05, 0) is 59.1 Å². The van der Waals surface area contributed by atoms with E-state index in [9.17, 15) is 4.39 Å². The van der Waals surface area contributed by atoms with Crippen molar-refractivity contribution in [2.45, 2.75) is 19.9 Å². The molecule has 1 unspecified atom stereocenters. The summed E-state index contributed by atoms with van der Waals surface area (Å²) in [4.78, 5) is 0. The molecule has 0 fully saturated rings. The van der Waals surface area contributed by atoms with Crippen LogP contribution < -0.4 is 10.1 Å². The molecule has 20 heavy (non-hydrogen) atoms. The van der Waals surface area contributed by atoms with Crippen LogP contribution in [-0.2, 0) is 0 Å². The number of aryl methyl sites for hydroxylation is 1. The lowest BCUT2D eigenvalue weighted by Crippen LogP contribution is -2.07. The highest BCUT2D eigenvalue weighted by Gasteiger charge is 2.09. The van der Waals surface area contributed by atoms with Crippen molar-refractivity contribution in [3.05, 3.63) is 57.8 Å². The van der Waals surface area contributed by atoms with Gasteiger partial charge in [-0.2, -0.15) is 0 Å². The zero-order valence-corrected chi connectivity index (χ0v) is 13.3.